The lowest BCUT2D eigenvalue weighted by Gasteiger charge is -2.11. The van der Waals surface area contributed by atoms with Crippen LogP contribution < -0.4 is 0 Å². The molecule has 0 saturated carbocycles. The molecular weight excluding hydrogens is 695 g/mol. The highest BCUT2D eigenvalue weighted by atomic mass is 32.1. The molecule has 0 aliphatic rings. The lowest BCUT2D eigenvalue weighted by molar-refractivity contribution is 1.19. The van der Waals surface area contributed by atoms with E-state index in [9.17, 15) is 0 Å². The number of para-hydroxylation sites is 1. The van der Waals surface area contributed by atoms with Crippen LogP contribution in [-0.2, 0) is 0 Å². The van der Waals surface area contributed by atoms with Crippen molar-refractivity contribution in [3.63, 3.8) is 0 Å². The Bertz CT molecular complexity index is 3200. The van der Waals surface area contributed by atoms with Crippen molar-refractivity contribution < 1.29 is 0 Å². The van der Waals surface area contributed by atoms with Gasteiger partial charge in [0.15, 0.2) is 5.82 Å². The maximum absolute atomic E-state index is 5.22. The highest BCUT2D eigenvalue weighted by Gasteiger charge is 2.18. The van der Waals surface area contributed by atoms with Crippen molar-refractivity contribution in [2.24, 2.45) is 0 Å². The van der Waals surface area contributed by atoms with Crippen molar-refractivity contribution in [3.05, 3.63) is 176 Å². The molecule has 252 valence electrons. The zero-order valence-corrected chi connectivity index (χ0v) is 30.5. The predicted molar refractivity (Wildman–Crippen MR) is 230 cm³/mol. The highest BCUT2D eigenvalue weighted by molar-refractivity contribution is 7.27. The van der Waals surface area contributed by atoms with Crippen LogP contribution in [0.4, 0.5) is 0 Å². The predicted octanol–water partition coefficient (Wildman–Crippen LogP) is 14.1. The molecule has 7 aromatic carbocycles. The van der Waals surface area contributed by atoms with Crippen molar-refractivity contribution in [3.8, 4) is 56.3 Å². The molecule has 0 saturated heterocycles. The molecule has 3 nitrogen and oxygen atoms in total. The van der Waals surface area contributed by atoms with E-state index in [4.69, 9.17) is 15.0 Å². The van der Waals surface area contributed by atoms with Crippen molar-refractivity contribution in [2.75, 3.05) is 0 Å². The van der Waals surface area contributed by atoms with Gasteiger partial charge in [0.1, 0.15) is 0 Å². The zero-order valence-electron chi connectivity index (χ0n) is 28.9. The fourth-order valence-electron chi connectivity index (χ4n) is 7.68. The van der Waals surface area contributed by atoms with Crippen LogP contribution in [0.25, 0.3) is 108 Å². The zero-order chi connectivity index (χ0) is 35.6. The molecule has 4 aromatic heterocycles. The highest BCUT2D eigenvalue weighted by Crippen LogP contribution is 2.44. The number of benzene rings is 7. The summed E-state index contributed by atoms with van der Waals surface area (Å²) in [6.07, 6.45) is 0. The maximum atomic E-state index is 5.22. The number of pyridine rings is 1. The molecule has 0 aliphatic heterocycles. The Kier molecular flexibility index (Phi) is 7.22. The van der Waals surface area contributed by atoms with Gasteiger partial charge in [0.25, 0.3) is 0 Å². The smallest absolute Gasteiger partial charge is 0.160 e. The van der Waals surface area contributed by atoms with Crippen LogP contribution in [0.1, 0.15) is 0 Å². The Balaban J connectivity index is 1.04. The summed E-state index contributed by atoms with van der Waals surface area (Å²) in [5, 5.41) is 6.18. The summed E-state index contributed by atoms with van der Waals surface area (Å²) < 4.78 is 5.06. The number of hydrogen-bond donors (Lipinski definition) is 0. The number of thiophene rings is 2. The first-order valence-corrected chi connectivity index (χ1v) is 19.6. The summed E-state index contributed by atoms with van der Waals surface area (Å²) in [4.78, 5) is 15.5. The minimum absolute atomic E-state index is 0.718. The summed E-state index contributed by atoms with van der Waals surface area (Å²) in [6, 6.07) is 62.3. The van der Waals surface area contributed by atoms with Gasteiger partial charge in [-0.15, -0.1) is 22.7 Å². The van der Waals surface area contributed by atoms with Crippen LogP contribution in [-0.4, -0.2) is 15.0 Å². The molecule has 0 aliphatic carbocycles. The first kappa shape index (κ1) is 31.0. The van der Waals surface area contributed by atoms with Crippen LogP contribution in [0.2, 0.25) is 0 Å². The third kappa shape index (κ3) is 5.12. The summed E-state index contributed by atoms with van der Waals surface area (Å²) in [7, 11) is 0. The van der Waals surface area contributed by atoms with E-state index in [-0.39, 0.29) is 0 Å². The van der Waals surface area contributed by atoms with Gasteiger partial charge < -0.3 is 0 Å². The fourth-order valence-corrected chi connectivity index (χ4v) is 10.1. The molecule has 0 spiro atoms. The Morgan fingerprint density at radius 2 is 0.981 bits per heavy atom. The van der Waals surface area contributed by atoms with Crippen molar-refractivity contribution in [2.45, 2.75) is 0 Å². The Morgan fingerprint density at radius 3 is 1.81 bits per heavy atom. The summed E-state index contributed by atoms with van der Waals surface area (Å²) in [5.74, 6) is 0.718. The van der Waals surface area contributed by atoms with Crippen LogP contribution in [0, 0.1) is 0 Å². The second-order valence-electron chi connectivity index (χ2n) is 13.5. The van der Waals surface area contributed by atoms with E-state index in [0.717, 1.165) is 56.2 Å². The standard InChI is InChI=1S/C49H29N3S2/c1-3-12-32(13-4-1)46-45-39-28-34(26-27-44(39)54-48(45)37-17-7-9-20-40(37)50-46)30-22-24-31(25-23-30)41-29-42(52-49(51-41)33-14-5-2-6-15-33)38-19-11-18-36-35-16-8-10-21-43(35)53-47(36)38/h1-29H. The average molecular weight is 724 g/mol. The van der Waals surface area contributed by atoms with Gasteiger partial charge in [0.2, 0.25) is 0 Å². The third-order valence-electron chi connectivity index (χ3n) is 10.3. The number of aromatic nitrogens is 3. The van der Waals surface area contributed by atoms with E-state index in [1.54, 1.807) is 0 Å². The summed E-state index contributed by atoms with van der Waals surface area (Å²) >= 11 is 3.67. The summed E-state index contributed by atoms with van der Waals surface area (Å²) in [5.41, 5.74) is 10.5. The molecule has 0 atom stereocenters. The van der Waals surface area contributed by atoms with Crippen LogP contribution >= 0.6 is 22.7 Å². The Hall–Kier alpha value is -6.53. The molecule has 4 heterocycles. The second kappa shape index (κ2) is 12.6. The number of rotatable bonds is 5. The first-order chi connectivity index (χ1) is 26.7. The molecule has 11 aromatic rings. The molecule has 54 heavy (non-hydrogen) atoms. The fraction of sp³-hybridized carbons (Fsp3) is 0. The van der Waals surface area contributed by atoms with E-state index in [1.807, 2.05) is 40.9 Å². The number of hydrogen-bond acceptors (Lipinski definition) is 5. The molecule has 0 bridgehead atoms. The molecule has 0 amide bonds. The lowest BCUT2D eigenvalue weighted by Crippen LogP contribution is -1.96. The normalized spacial score (nSPS) is 11.7. The topological polar surface area (TPSA) is 38.7 Å². The molecule has 0 fully saturated rings. The van der Waals surface area contributed by atoms with Crippen LogP contribution in [0.3, 0.4) is 0 Å². The maximum Gasteiger partial charge on any atom is 0.160 e. The van der Waals surface area contributed by atoms with Gasteiger partial charge in [-0.25, -0.2) is 15.0 Å². The average Bonchev–Trinajstić information content (AvgIpc) is 3.83. The first-order valence-electron chi connectivity index (χ1n) is 18.0. The van der Waals surface area contributed by atoms with Crippen molar-refractivity contribution in [1.82, 2.24) is 15.0 Å². The van der Waals surface area contributed by atoms with Crippen LogP contribution in [0.15, 0.2) is 176 Å². The van der Waals surface area contributed by atoms with E-state index in [0.29, 0.717) is 0 Å². The summed E-state index contributed by atoms with van der Waals surface area (Å²) in [6.45, 7) is 0. The SMILES string of the molecule is c1ccc(-c2nc(-c3ccc(-c4ccc5sc6c7ccccc7nc(-c7ccccc7)c6c5c4)cc3)cc(-c3cccc4c3sc3ccccc34)n2)cc1. The van der Waals surface area contributed by atoms with Crippen LogP contribution in [0.5, 0.6) is 0 Å². The van der Waals surface area contributed by atoms with Gasteiger partial charge in [-0.3, -0.25) is 0 Å². The minimum atomic E-state index is 0.718. The Labute approximate surface area is 319 Å². The van der Waals surface area contributed by atoms with E-state index in [1.165, 1.54) is 51.3 Å². The van der Waals surface area contributed by atoms with Gasteiger partial charge in [0.05, 0.1) is 22.6 Å². The van der Waals surface area contributed by atoms with Crippen molar-refractivity contribution >= 4 is 73.9 Å². The molecule has 0 N–H and O–H groups in total. The lowest BCUT2D eigenvalue weighted by atomic mass is 9.98. The Morgan fingerprint density at radius 1 is 0.352 bits per heavy atom. The molecule has 5 heteroatoms. The van der Waals surface area contributed by atoms with Crippen molar-refractivity contribution in [1.29, 1.82) is 0 Å². The third-order valence-corrected chi connectivity index (χ3v) is 12.7. The largest absolute Gasteiger partial charge is 0.247 e. The van der Waals surface area contributed by atoms with Gasteiger partial charge >= 0.3 is 0 Å². The number of fused-ring (bicyclic) bond motifs is 8. The molecule has 11 rings (SSSR count). The molecule has 0 unspecified atom stereocenters. The monoisotopic (exact) mass is 723 g/mol. The minimum Gasteiger partial charge on any atom is -0.247 e. The molecule has 0 radical (unpaired) electrons. The van der Waals surface area contributed by atoms with E-state index in [2.05, 4.69) is 158 Å². The van der Waals surface area contributed by atoms with Gasteiger partial charge in [-0.05, 0) is 41.5 Å². The quantitative estimate of drug-likeness (QED) is 0.177. The number of nitrogens with zero attached hydrogens (tertiary/aromatic N) is 3. The molecular formula is C49H29N3S2. The second-order valence-corrected chi connectivity index (χ2v) is 15.7. The van der Waals surface area contributed by atoms with E-state index >= 15 is 0 Å². The van der Waals surface area contributed by atoms with Gasteiger partial charge in [-0.1, -0.05) is 146 Å². The van der Waals surface area contributed by atoms with E-state index < -0.39 is 0 Å². The van der Waals surface area contributed by atoms with Gasteiger partial charge in [-0.2, -0.15) is 0 Å². The van der Waals surface area contributed by atoms with Gasteiger partial charge in [0, 0.05) is 68.0 Å².